The Morgan fingerprint density at radius 1 is 1.28 bits per heavy atom. The summed E-state index contributed by atoms with van der Waals surface area (Å²) in [5.41, 5.74) is 0.209. The fourth-order valence-corrected chi connectivity index (χ4v) is 3.50. The second-order valence-corrected chi connectivity index (χ2v) is 6.50. The fourth-order valence-electron chi connectivity index (χ4n) is 3.50. The Bertz CT molecular complexity index is 882. The van der Waals surface area contributed by atoms with Crippen LogP contribution in [0.2, 0.25) is 0 Å². The Labute approximate surface area is 143 Å². The van der Waals surface area contributed by atoms with Gasteiger partial charge in [0.1, 0.15) is 5.82 Å². The first-order valence-electron chi connectivity index (χ1n) is 8.18. The number of aryl methyl sites for hydroxylation is 1. The van der Waals surface area contributed by atoms with Gasteiger partial charge in [-0.2, -0.15) is 0 Å². The lowest BCUT2D eigenvalue weighted by Gasteiger charge is -2.18. The van der Waals surface area contributed by atoms with Gasteiger partial charge < -0.3 is 24.1 Å². The molecule has 0 bridgehead atoms. The lowest BCUT2D eigenvalue weighted by molar-refractivity contribution is 0.135. The predicted octanol–water partition coefficient (Wildman–Crippen LogP) is 1.32. The standard InChI is InChI=1S/C17H19N3O5/c1-9-18-13-4-14(23-2)15(3-12(13)16(21)19-9)25-17(22)20-5-10-7-24-8-11(10)6-20/h3-4,10-11H,5-8H2,1-2H3,(H,18,19,21). The molecule has 0 aliphatic carbocycles. The Hall–Kier alpha value is -2.61. The van der Waals surface area contributed by atoms with Gasteiger partial charge in [0.15, 0.2) is 11.5 Å². The van der Waals surface area contributed by atoms with E-state index >= 15 is 0 Å². The summed E-state index contributed by atoms with van der Waals surface area (Å²) in [6.45, 7) is 4.33. The Kier molecular flexibility index (Phi) is 3.84. The number of likely N-dealkylation sites (tertiary alicyclic amines) is 1. The molecule has 0 spiro atoms. The van der Waals surface area contributed by atoms with E-state index in [2.05, 4.69) is 9.97 Å². The number of methoxy groups -OCH3 is 1. The van der Waals surface area contributed by atoms with Crippen LogP contribution in [0.15, 0.2) is 16.9 Å². The number of H-pyrrole nitrogens is 1. The van der Waals surface area contributed by atoms with Crippen LogP contribution in [-0.4, -0.2) is 54.4 Å². The molecule has 2 aliphatic rings. The number of nitrogens with zero attached hydrogens (tertiary/aromatic N) is 2. The van der Waals surface area contributed by atoms with Crippen LogP contribution >= 0.6 is 0 Å². The summed E-state index contributed by atoms with van der Waals surface area (Å²) in [6, 6.07) is 3.10. The first-order valence-corrected chi connectivity index (χ1v) is 8.18. The first-order chi connectivity index (χ1) is 12.0. The van der Waals surface area contributed by atoms with Crippen molar-refractivity contribution in [3.05, 3.63) is 28.3 Å². The number of benzene rings is 1. The van der Waals surface area contributed by atoms with Gasteiger partial charge in [0.05, 0.1) is 31.2 Å². The third kappa shape index (κ3) is 2.82. The molecule has 3 heterocycles. The number of hydrogen-bond acceptors (Lipinski definition) is 6. The maximum atomic E-state index is 12.5. The van der Waals surface area contributed by atoms with Gasteiger partial charge in [0.2, 0.25) is 0 Å². The zero-order chi connectivity index (χ0) is 17.6. The molecule has 0 radical (unpaired) electrons. The summed E-state index contributed by atoms with van der Waals surface area (Å²) >= 11 is 0. The minimum absolute atomic E-state index is 0.212. The molecule has 2 aliphatic heterocycles. The molecule has 2 aromatic rings. The highest BCUT2D eigenvalue weighted by molar-refractivity contribution is 5.83. The molecular formula is C17H19N3O5. The number of fused-ring (bicyclic) bond motifs is 2. The summed E-state index contributed by atoms with van der Waals surface area (Å²) < 4.78 is 16.2. The molecule has 1 aromatic carbocycles. The molecule has 2 unspecified atom stereocenters. The number of carbonyl (C=O) groups excluding carboxylic acids is 1. The van der Waals surface area contributed by atoms with Crippen molar-refractivity contribution in [2.45, 2.75) is 6.92 Å². The molecule has 1 aromatic heterocycles. The second-order valence-electron chi connectivity index (χ2n) is 6.50. The summed E-state index contributed by atoms with van der Waals surface area (Å²) in [5, 5.41) is 0.348. The number of ether oxygens (including phenoxy) is 3. The molecule has 8 nitrogen and oxygen atoms in total. The maximum Gasteiger partial charge on any atom is 0.415 e. The zero-order valence-corrected chi connectivity index (χ0v) is 14.1. The second kappa shape index (κ2) is 6.03. The van der Waals surface area contributed by atoms with E-state index in [0.717, 1.165) is 0 Å². The number of rotatable bonds is 2. The van der Waals surface area contributed by atoms with Crippen molar-refractivity contribution in [1.29, 1.82) is 0 Å². The van der Waals surface area contributed by atoms with Crippen molar-refractivity contribution < 1.29 is 19.0 Å². The molecule has 25 heavy (non-hydrogen) atoms. The monoisotopic (exact) mass is 345 g/mol. The first kappa shape index (κ1) is 15.9. The van der Waals surface area contributed by atoms with Gasteiger partial charge in [-0.1, -0.05) is 0 Å². The van der Waals surface area contributed by atoms with Gasteiger partial charge >= 0.3 is 6.09 Å². The summed E-state index contributed by atoms with van der Waals surface area (Å²) in [7, 11) is 1.48. The van der Waals surface area contributed by atoms with Crippen LogP contribution in [0.5, 0.6) is 11.5 Å². The summed E-state index contributed by atoms with van der Waals surface area (Å²) in [5.74, 6) is 1.84. The van der Waals surface area contributed by atoms with Crippen molar-refractivity contribution in [3.8, 4) is 11.5 Å². The molecule has 132 valence electrons. The van der Waals surface area contributed by atoms with Gasteiger partial charge in [-0.3, -0.25) is 4.79 Å². The lowest BCUT2D eigenvalue weighted by Crippen LogP contribution is -2.33. The molecular weight excluding hydrogens is 326 g/mol. The molecule has 4 rings (SSSR count). The smallest absolute Gasteiger partial charge is 0.415 e. The van der Waals surface area contributed by atoms with Gasteiger partial charge in [0.25, 0.3) is 5.56 Å². The van der Waals surface area contributed by atoms with Crippen molar-refractivity contribution in [2.75, 3.05) is 33.4 Å². The van der Waals surface area contributed by atoms with Crippen LogP contribution < -0.4 is 15.0 Å². The topological polar surface area (TPSA) is 93.8 Å². The van der Waals surface area contributed by atoms with E-state index in [4.69, 9.17) is 14.2 Å². The van der Waals surface area contributed by atoms with Gasteiger partial charge in [-0.05, 0) is 13.0 Å². The number of aromatic nitrogens is 2. The van der Waals surface area contributed by atoms with Crippen LogP contribution in [0, 0.1) is 18.8 Å². The Morgan fingerprint density at radius 2 is 2.00 bits per heavy atom. The van der Waals surface area contributed by atoms with E-state index in [1.165, 1.54) is 13.2 Å². The number of carbonyl (C=O) groups is 1. The minimum atomic E-state index is -0.441. The quantitative estimate of drug-likeness (QED) is 0.882. The predicted molar refractivity (Wildman–Crippen MR) is 89.0 cm³/mol. The largest absolute Gasteiger partial charge is 0.493 e. The molecule has 1 N–H and O–H groups in total. The van der Waals surface area contributed by atoms with Gasteiger partial charge in [-0.15, -0.1) is 0 Å². The molecule has 1 amide bonds. The molecule has 0 saturated carbocycles. The number of hydrogen-bond donors (Lipinski definition) is 1. The third-order valence-corrected chi connectivity index (χ3v) is 4.80. The maximum absolute atomic E-state index is 12.5. The Balaban J connectivity index is 1.62. The van der Waals surface area contributed by atoms with Gasteiger partial charge in [-0.25, -0.2) is 9.78 Å². The molecule has 2 fully saturated rings. The van der Waals surface area contributed by atoms with Crippen LogP contribution in [0.3, 0.4) is 0 Å². The zero-order valence-electron chi connectivity index (χ0n) is 14.1. The highest BCUT2D eigenvalue weighted by Gasteiger charge is 2.40. The van der Waals surface area contributed by atoms with Crippen molar-refractivity contribution >= 4 is 17.0 Å². The van der Waals surface area contributed by atoms with Crippen molar-refractivity contribution in [3.63, 3.8) is 0 Å². The normalized spacial score (nSPS) is 22.2. The van der Waals surface area contributed by atoms with Crippen LogP contribution in [-0.2, 0) is 4.74 Å². The van der Waals surface area contributed by atoms with E-state index in [-0.39, 0.29) is 11.3 Å². The average Bonchev–Trinajstić information content (AvgIpc) is 3.16. The highest BCUT2D eigenvalue weighted by atomic mass is 16.6. The van der Waals surface area contributed by atoms with Crippen molar-refractivity contribution in [1.82, 2.24) is 14.9 Å². The van der Waals surface area contributed by atoms with Gasteiger partial charge in [0, 0.05) is 31.0 Å². The number of aromatic amines is 1. The molecule has 8 heteroatoms. The Morgan fingerprint density at radius 3 is 2.68 bits per heavy atom. The highest BCUT2D eigenvalue weighted by Crippen LogP contribution is 2.33. The lowest BCUT2D eigenvalue weighted by atomic mass is 10.0. The van der Waals surface area contributed by atoms with E-state index in [0.29, 0.717) is 60.6 Å². The van der Waals surface area contributed by atoms with Crippen LogP contribution in [0.1, 0.15) is 5.82 Å². The van der Waals surface area contributed by atoms with E-state index < -0.39 is 6.09 Å². The molecule has 2 atom stereocenters. The van der Waals surface area contributed by atoms with Crippen LogP contribution in [0.4, 0.5) is 4.79 Å². The van der Waals surface area contributed by atoms with E-state index in [1.54, 1.807) is 17.9 Å². The fraction of sp³-hybridized carbons (Fsp3) is 0.471. The molecule has 2 saturated heterocycles. The minimum Gasteiger partial charge on any atom is -0.493 e. The summed E-state index contributed by atoms with van der Waals surface area (Å²) in [4.78, 5) is 33.2. The van der Waals surface area contributed by atoms with E-state index in [9.17, 15) is 9.59 Å². The number of amides is 1. The SMILES string of the molecule is COc1cc2nc(C)[nH]c(=O)c2cc1OC(=O)N1CC2COCC2C1. The van der Waals surface area contributed by atoms with Crippen molar-refractivity contribution in [2.24, 2.45) is 11.8 Å². The number of nitrogens with one attached hydrogen (secondary N) is 1. The van der Waals surface area contributed by atoms with Crippen LogP contribution in [0.25, 0.3) is 10.9 Å². The van der Waals surface area contributed by atoms with E-state index in [1.807, 2.05) is 0 Å². The third-order valence-electron chi connectivity index (χ3n) is 4.80. The average molecular weight is 345 g/mol. The summed E-state index contributed by atoms with van der Waals surface area (Å²) in [6.07, 6.45) is -0.441.